The summed E-state index contributed by atoms with van der Waals surface area (Å²) >= 11 is 0. The molecule has 0 bridgehead atoms. The zero-order chi connectivity index (χ0) is 11.0. The lowest BCUT2D eigenvalue weighted by atomic mass is 10.1. The Hall–Kier alpha value is -0.160. The first-order valence-corrected chi connectivity index (χ1v) is 5.04. The van der Waals surface area contributed by atoms with Crippen molar-refractivity contribution in [3.63, 3.8) is 0 Å². The quantitative estimate of drug-likeness (QED) is 0.475. The monoisotopic (exact) mass is 205 g/mol. The van der Waals surface area contributed by atoms with Crippen LogP contribution < -0.4 is 5.32 Å². The van der Waals surface area contributed by atoms with E-state index in [1.165, 1.54) is 0 Å². The predicted octanol–water partition coefficient (Wildman–Crippen LogP) is 0.746. The number of hydrogen-bond donors (Lipinski definition) is 2. The summed E-state index contributed by atoms with van der Waals surface area (Å²) in [6.45, 7) is 10.4. The topological polar surface area (TPSA) is 50.7 Å². The van der Waals surface area contributed by atoms with Crippen LogP contribution in [0.2, 0.25) is 0 Å². The number of ether oxygens (including phenoxy) is 2. The summed E-state index contributed by atoms with van der Waals surface area (Å²) in [5.74, 6) is 0. The number of aliphatic hydroxyl groups excluding tert-OH is 1. The van der Waals surface area contributed by atoms with Gasteiger partial charge in [-0.25, -0.2) is 0 Å². The Kier molecular flexibility index (Phi) is 7.09. The van der Waals surface area contributed by atoms with Crippen molar-refractivity contribution in [3.8, 4) is 0 Å². The molecule has 4 nitrogen and oxygen atoms in total. The molecule has 0 saturated carbocycles. The molecular formula is C10H23NO3. The molecule has 0 rings (SSSR count). The van der Waals surface area contributed by atoms with Gasteiger partial charge in [0.15, 0.2) is 6.29 Å². The molecule has 2 N–H and O–H groups in total. The van der Waals surface area contributed by atoms with E-state index in [1.54, 1.807) is 6.92 Å². The summed E-state index contributed by atoms with van der Waals surface area (Å²) in [5, 5.41) is 12.1. The maximum atomic E-state index is 8.77. The van der Waals surface area contributed by atoms with Gasteiger partial charge in [-0.2, -0.15) is 0 Å². The molecule has 0 aliphatic carbocycles. The third-order valence-corrected chi connectivity index (χ3v) is 1.49. The van der Waals surface area contributed by atoms with Crippen molar-refractivity contribution in [2.45, 2.75) is 39.5 Å². The molecule has 0 aromatic heterocycles. The van der Waals surface area contributed by atoms with Crippen LogP contribution in [0, 0.1) is 0 Å². The molecule has 0 heterocycles. The van der Waals surface area contributed by atoms with E-state index in [-0.39, 0.29) is 5.54 Å². The second-order valence-corrected chi connectivity index (χ2v) is 4.26. The van der Waals surface area contributed by atoms with Crippen molar-refractivity contribution in [1.82, 2.24) is 5.32 Å². The summed E-state index contributed by atoms with van der Waals surface area (Å²) in [7, 11) is 0. The van der Waals surface area contributed by atoms with E-state index in [1.807, 2.05) is 0 Å². The van der Waals surface area contributed by atoms with E-state index in [4.69, 9.17) is 14.6 Å². The highest BCUT2D eigenvalue weighted by atomic mass is 16.6. The van der Waals surface area contributed by atoms with Crippen LogP contribution in [0.25, 0.3) is 0 Å². The molecule has 86 valence electrons. The maximum absolute atomic E-state index is 8.77. The number of rotatable bonds is 7. The molecule has 0 fully saturated rings. The summed E-state index contributed by atoms with van der Waals surface area (Å²) in [4.78, 5) is 0. The Morgan fingerprint density at radius 2 is 1.86 bits per heavy atom. The summed E-state index contributed by atoms with van der Waals surface area (Å²) < 4.78 is 10.2. The second-order valence-electron chi connectivity index (χ2n) is 4.26. The third-order valence-electron chi connectivity index (χ3n) is 1.49. The van der Waals surface area contributed by atoms with Crippen LogP contribution in [0.5, 0.6) is 0 Å². The fraction of sp³-hybridized carbons (Fsp3) is 1.00. The fourth-order valence-corrected chi connectivity index (χ4v) is 0.878. The van der Waals surface area contributed by atoms with Crippen molar-refractivity contribution >= 4 is 0 Å². The minimum Gasteiger partial charge on any atom is -0.378 e. The molecule has 0 aromatic carbocycles. The van der Waals surface area contributed by atoms with E-state index in [9.17, 15) is 0 Å². The molecule has 4 heteroatoms. The van der Waals surface area contributed by atoms with Crippen LogP contribution in [-0.4, -0.2) is 43.3 Å². The smallest absolute Gasteiger partial charge is 0.151 e. The van der Waals surface area contributed by atoms with Crippen LogP contribution in [0.1, 0.15) is 27.7 Å². The van der Waals surface area contributed by atoms with Gasteiger partial charge in [-0.3, -0.25) is 0 Å². The van der Waals surface area contributed by atoms with Gasteiger partial charge in [-0.15, -0.1) is 0 Å². The van der Waals surface area contributed by atoms with Crippen molar-refractivity contribution < 1.29 is 14.6 Å². The number of nitrogens with one attached hydrogen (secondary N) is 1. The lowest BCUT2D eigenvalue weighted by Crippen LogP contribution is -2.38. The Balaban J connectivity index is 3.07. The molecule has 0 aliphatic rings. The van der Waals surface area contributed by atoms with Crippen molar-refractivity contribution in [3.05, 3.63) is 0 Å². The van der Waals surface area contributed by atoms with Crippen LogP contribution in [0.15, 0.2) is 0 Å². The van der Waals surface area contributed by atoms with Crippen molar-refractivity contribution in [2.24, 2.45) is 0 Å². The van der Waals surface area contributed by atoms with Gasteiger partial charge in [-0.05, 0) is 27.7 Å². The minimum absolute atomic E-state index is 0.138. The van der Waals surface area contributed by atoms with Gasteiger partial charge in [-0.1, -0.05) is 0 Å². The largest absolute Gasteiger partial charge is 0.378 e. The lowest BCUT2D eigenvalue weighted by Gasteiger charge is -2.20. The molecule has 0 aromatic rings. The van der Waals surface area contributed by atoms with Gasteiger partial charge in [0, 0.05) is 12.1 Å². The van der Waals surface area contributed by atoms with E-state index in [0.717, 1.165) is 6.54 Å². The Morgan fingerprint density at radius 3 is 2.36 bits per heavy atom. The van der Waals surface area contributed by atoms with E-state index in [2.05, 4.69) is 26.1 Å². The standard InChI is InChI=1S/C10H23NO3/c1-9(12)14-8-7-13-6-5-11-10(2,3)4/h9,11-12H,5-8H2,1-4H3. The molecule has 1 unspecified atom stereocenters. The van der Waals surface area contributed by atoms with E-state index in [0.29, 0.717) is 19.8 Å². The normalized spacial score (nSPS) is 14.4. The fourth-order valence-electron chi connectivity index (χ4n) is 0.878. The van der Waals surface area contributed by atoms with Gasteiger partial charge in [0.2, 0.25) is 0 Å². The first-order valence-electron chi connectivity index (χ1n) is 5.04. The number of aliphatic hydroxyl groups is 1. The van der Waals surface area contributed by atoms with Crippen LogP contribution in [-0.2, 0) is 9.47 Å². The van der Waals surface area contributed by atoms with Gasteiger partial charge < -0.3 is 19.9 Å². The van der Waals surface area contributed by atoms with Crippen molar-refractivity contribution in [1.29, 1.82) is 0 Å². The highest BCUT2D eigenvalue weighted by Gasteiger charge is 2.06. The summed E-state index contributed by atoms with van der Waals surface area (Å²) in [6, 6.07) is 0. The van der Waals surface area contributed by atoms with Crippen LogP contribution in [0.3, 0.4) is 0 Å². The molecule has 1 atom stereocenters. The minimum atomic E-state index is -0.702. The predicted molar refractivity (Wildman–Crippen MR) is 56.2 cm³/mol. The van der Waals surface area contributed by atoms with E-state index >= 15 is 0 Å². The molecule has 0 spiro atoms. The molecule has 0 radical (unpaired) electrons. The van der Waals surface area contributed by atoms with Crippen LogP contribution >= 0.6 is 0 Å². The summed E-state index contributed by atoms with van der Waals surface area (Å²) in [6.07, 6.45) is -0.702. The highest BCUT2D eigenvalue weighted by Crippen LogP contribution is 1.96. The summed E-state index contributed by atoms with van der Waals surface area (Å²) in [5.41, 5.74) is 0.138. The average Bonchev–Trinajstić information content (AvgIpc) is 2.00. The first-order chi connectivity index (χ1) is 6.42. The molecule has 0 saturated heterocycles. The van der Waals surface area contributed by atoms with Crippen LogP contribution in [0.4, 0.5) is 0 Å². The van der Waals surface area contributed by atoms with Gasteiger partial charge in [0.25, 0.3) is 0 Å². The molecule has 0 aliphatic heterocycles. The van der Waals surface area contributed by atoms with Gasteiger partial charge in [0.1, 0.15) is 0 Å². The highest BCUT2D eigenvalue weighted by molar-refractivity contribution is 4.69. The molecular weight excluding hydrogens is 182 g/mol. The molecule has 14 heavy (non-hydrogen) atoms. The second kappa shape index (κ2) is 7.17. The number of hydrogen-bond acceptors (Lipinski definition) is 4. The van der Waals surface area contributed by atoms with Crippen molar-refractivity contribution in [2.75, 3.05) is 26.4 Å². The Morgan fingerprint density at radius 1 is 1.21 bits per heavy atom. The maximum Gasteiger partial charge on any atom is 0.151 e. The first kappa shape index (κ1) is 13.8. The van der Waals surface area contributed by atoms with Gasteiger partial charge in [0.05, 0.1) is 19.8 Å². The average molecular weight is 205 g/mol. The third kappa shape index (κ3) is 11.8. The SMILES string of the molecule is CC(O)OCCOCCNC(C)(C)C. The molecule has 0 amide bonds. The Labute approximate surface area is 86.6 Å². The Bertz CT molecular complexity index is 132. The lowest BCUT2D eigenvalue weighted by molar-refractivity contribution is -0.0992. The zero-order valence-electron chi connectivity index (χ0n) is 9.67. The van der Waals surface area contributed by atoms with E-state index < -0.39 is 6.29 Å². The van der Waals surface area contributed by atoms with Gasteiger partial charge >= 0.3 is 0 Å². The zero-order valence-corrected chi connectivity index (χ0v) is 9.67.